The van der Waals surface area contributed by atoms with Crippen molar-refractivity contribution in [3.63, 3.8) is 0 Å². The van der Waals surface area contributed by atoms with E-state index in [4.69, 9.17) is 19.3 Å². The molecule has 0 saturated carbocycles. The first-order valence-electron chi connectivity index (χ1n) is 11.1. The van der Waals surface area contributed by atoms with Gasteiger partial charge in [0.15, 0.2) is 0 Å². The molecule has 0 aromatic heterocycles. The number of hydrogen-bond donors (Lipinski definition) is 1. The van der Waals surface area contributed by atoms with Gasteiger partial charge in [-0.3, -0.25) is 24.0 Å². The highest BCUT2D eigenvalue weighted by atomic mass is 16.6. The largest absolute Gasteiger partial charge is 0.481 e. The van der Waals surface area contributed by atoms with E-state index in [1.165, 1.54) is 6.92 Å². The number of rotatable bonds is 15. The van der Waals surface area contributed by atoms with Crippen LogP contribution in [0.1, 0.15) is 86.5 Å². The Balaban J connectivity index is 0. The van der Waals surface area contributed by atoms with Crippen LogP contribution >= 0.6 is 0 Å². The second-order valence-corrected chi connectivity index (χ2v) is 8.15. The van der Waals surface area contributed by atoms with E-state index >= 15 is 0 Å². The van der Waals surface area contributed by atoms with Gasteiger partial charge in [-0.1, -0.05) is 20.8 Å². The molecular formula is C23H40O9. The molecule has 0 spiro atoms. The van der Waals surface area contributed by atoms with Gasteiger partial charge in [0.05, 0.1) is 17.9 Å². The number of hydrogen-bond acceptors (Lipinski definition) is 8. The molecule has 0 aromatic carbocycles. The first kappa shape index (κ1) is 31.7. The molecule has 0 rings (SSSR count). The minimum atomic E-state index is -0.772. The van der Waals surface area contributed by atoms with Gasteiger partial charge in [-0.05, 0) is 52.9 Å². The third-order valence-electron chi connectivity index (χ3n) is 4.70. The summed E-state index contributed by atoms with van der Waals surface area (Å²) in [6, 6.07) is 0. The second-order valence-electron chi connectivity index (χ2n) is 8.15. The molecular weight excluding hydrogens is 420 g/mol. The van der Waals surface area contributed by atoms with Crippen LogP contribution in [-0.4, -0.2) is 54.6 Å². The maximum absolute atomic E-state index is 11.5. The van der Waals surface area contributed by atoms with Crippen molar-refractivity contribution in [1.82, 2.24) is 0 Å². The highest BCUT2D eigenvalue weighted by molar-refractivity contribution is 5.94. The second kappa shape index (κ2) is 18.2. The van der Waals surface area contributed by atoms with Gasteiger partial charge in [-0.25, -0.2) is 0 Å². The van der Waals surface area contributed by atoms with Gasteiger partial charge in [0.1, 0.15) is 25.4 Å². The van der Waals surface area contributed by atoms with Gasteiger partial charge in [0.2, 0.25) is 0 Å². The van der Waals surface area contributed by atoms with Crippen LogP contribution in [0.15, 0.2) is 0 Å². The zero-order valence-corrected chi connectivity index (χ0v) is 20.4. The SMILES string of the molecule is CCC(C)(C)C(=O)OCCOC(=O)CC(C)=O.CCC(C)C(=O)OCCCCCC(=O)O. The molecule has 0 fully saturated rings. The van der Waals surface area contributed by atoms with Crippen LogP contribution in [-0.2, 0) is 38.2 Å². The van der Waals surface area contributed by atoms with E-state index in [2.05, 4.69) is 0 Å². The standard InChI is InChI=1S/C12H20O5.C11H20O4/c1-5-12(3,4)11(15)17-7-6-16-10(14)8-9(2)13;1-3-9(2)11(14)15-8-6-4-5-7-10(12)13/h5-8H2,1-4H3;9H,3-8H2,1-2H3,(H,12,13). The lowest BCUT2D eigenvalue weighted by Crippen LogP contribution is -2.27. The molecule has 0 heterocycles. The van der Waals surface area contributed by atoms with Gasteiger partial charge in [-0.2, -0.15) is 0 Å². The molecule has 0 aromatic rings. The van der Waals surface area contributed by atoms with Crippen molar-refractivity contribution in [3.05, 3.63) is 0 Å². The number of carbonyl (C=O) groups is 5. The van der Waals surface area contributed by atoms with Crippen LogP contribution in [0.4, 0.5) is 0 Å². The van der Waals surface area contributed by atoms with Crippen molar-refractivity contribution in [3.8, 4) is 0 Å². The maximum Gasteiger partial charge on any atom is 0.313 e. The fraction of sp³-hybridized carbons (Fsp3) is 0.783. The zero-order valence-electron chi connectivity index (χ0n) is 20.4. The third-order valence-corrected chi connectivity index (χ3v) is 4.70. The lowest BCUT2D eigenvalue weighted by Gasteiger charge is -2.20. The van der Waals surface area contributed by atoms with Gasteiger partial charge in [0, 0.05) is 6.42 Å². The van der Waals surface area contributed by atoms with Crippen molar-refractivity contribution in [1.29, 1.82) is 0 Å². The van der Waals surface area contributed by atoms with E-state index in [-0.39, 0.29) is 49.7 Å². The van der Waals surface area contributed by atoms with Gasteiger partial charge in [-0.15, -0.1) is 0 Å². The summed E-state index contributed by atoms with van der Waals surface area (Å²) in [6.45, 7) is 11.0. The van der Waals surface area contributed by atoms with E-state index < -0.39 is 17.4 Å². The first-order chi connectivity index (χ1) is 14.9. The highest BCUT2D eigenvalue weighted by Gasteiger charge is 2.26. The van der Waals surface area contributed by atoms with E-state index in [0.717, 1.165) is 19.3 Å². The van der Waals surface area contributed by atoms with Crippen LogP contribution in [0.25, 0.3) is 0 Å². The lowest BCUT2D eigenvalue weighted by atomic mass is 9.91. The summed E-state index contributed by atoms with van der Waals surface area (Å²) >= 11 is 0. The van der Waals surface area contributed by atoms with Crippen LogP contribution in [0.3, 0.4) is 0 Å². The predicted octanol–water partition coefficient (Wildman–Crippen LogP) is 3.71. The van der Waals surface area contributed by atoms with Crippen LogP contribution in [0, 0.1) is 11.3 Å². The number of ether oxygens (including phenoxy) is 3. The summed E-state index contributed by atoms with van der Waals surface area (Å²) in [7, 11) is 0. The molecule has 0 bridgehead atoms. The van der Waals surface area contributed by atoms with E-state index in [9.17, 15) is 24.0 Å². The van der Waals surface area contributed by atoms with E-state index in [1.807, 2.05) is 20.8 Å². The van der Waals surface area contributed by atoms with E-state index in [0.29, 0.717) is 19.4 Å². The molecule has 0 aliphatic carbocycles. The molecule has 0 aliphatic rings. The van der Waals surface area contributed by atoms with Crippen molar-refractivity contribution in [2.75, 3.05) is 19.8 Å². The fourth-order valence-electron chi connectivity index (χ4n) is 1.92. The Hall–Kier alpha value is -2.45. The molecule has 1 unspecified atom stereocenters. The Labute approximate surface area is 191 Å². The third kappa shape index (κ3) is 18.3. The number of carboxylic acid groups (broad SMARTS) is 1. The van der Waals surface area contributed by atoms with Gasteiger partial charge >= 0.3 is 23.9 Å². The molecule has 0 radical (unpaired) electrons. The zero-order chi connectivity index (χ0) is 25.2. The van der Waals surface area contributed by atoms with Gasteiger partial charge in [0.25, 0.3) is 0 Å². The Morgan fingerprint density at radius 3 is 1.97 bits per heavy atom. The van der Waals surface area contributed by atoms with E-state index in [1.54, 1.807) is 13.8 Å². The minimum Gasteiger partial charge on any atom is -0.481 e. The molecule has 1 atom stereocenters. The monoisotopic (exact) mass is 460 g/mol. The molecule has 1 N–H and O–H groups in total. The summed E-state index contributed by atoms with van der Waals surface area (Å²) in [5.41, 5.74) is -0.524. The number of aliphatic carboxylic acids is 1. The number of ketones is 1. The number of esters is 3. The van der Waals surface area contributed by atoms with Crippen LogP contribution in [0.2, 0.25) is 0 Å². The number of unbranched alkanes of at least 4 members (excludes halogenated alkanes) is 2. The topological polar surface area (TPSA) is 133 Å². The summed E-state index contributed by atoms with van der Waals surface area (Å²) in [6.07, 6.45) is 3.60. The molecule has 9 heteroatoms. The van der Waals surface area contributed by atoms with Gasteiger partial charge < -0.3 is 19.3 Å². The number of carboxylic acids is 1. The predicted molar refractivity (Wildman–Crippen MR) is 118 cm³/mol. The van der Waals surface area contributed by atoms with Crippen LogP contribution < -0.4 is 0 Å². The quantitative estimate of drug-likeness (QED) is 0.168. The summed E-state index contributed by atoms with van der Waals surface area (Å²) in [5.74, 6) is -2.13. The van der Waals surface area contributed by atoms with Crippen molar-refractivity contribution < 1.29 is 43.3 Å². The van der Waals surface area contributed by atoms with Crippen LogP contribution in [0.5, 0.6) is 0 Å². The number of carbonyl (C=O) groups excluding carboxylic acids is 4. The molecule has 0 amide bonds. The Morgan fingerprint density at radius 2 is 1.47 bits per heavy atom. The molecule has 0 saturated heterocycles. The number of Topliss-reactive ketones (excluding diaryl/α,β-unsaturated/α-hetero) is 1. The summed E-state index contributed by atoms with van der Waals surface area (Å²) < 4.78 is 14.7. The minimum absolute atomic E-state index is 0.0162. The van der Waals surface area contributed by atoms with Crippen molar-refractivity contribution in [2.24, 2.45) is 11.3 Å². The Kier molecular flexibility index (Phi) is 18.0. The summed E-state index contributed by atoms with van der Waals surface area (Å²) in [4.78, 5) is 54.4. The van der Waals surface area contributed by atoms with Crippen molar-refractivity contribution in [2.45, 2.75) is 86.5 Å². The normalized spacial score (nSPS) is 11.4. The highest BCUT2D eigenvalue weighted by Crippen LogP contribution is 2.21. The smallest absolute Gasteiger partial charge is 0.313 e. The molecule has 32 heavy (non-hydrogen) atoms. The average molecular weight is 461 g/mol. The lowest BCUT2D eigenvalue weighted by molar-refractivity contribution is -0.159. The fourth-order valence-corrected chi connectivity index (χ4v) is 1.92. The maximum atomic E-state index is 11.5. The molecule has 186 valence electrons. The molecule has 0 aliphatic heterocycles. The average Bonchev–Trinajstić information content (AvgIpc) is 2.72. The Morgan fingerprint density at radius 1 is 0.875 bits per heavy atom. The molecule has 9 nitrogen and oxygen atoms in total. The Bertz CT molecular complexity index is 596. The first-order valence-corrected chi connectivity index (χ1v) is 11.1. The summed E-state index contributed by atoms with van der Waals surface area (Å²) in [5, 5.41) is 8.38. The van der Waals surface area contributed by atoms with Crippen molar-refractivity contribution >= 4 is 29.7 Å².